The fourth-order valence-electron chi connectivity index (χ4n) is 1.93. The van der Waals surface area contributed by atoms with Crippen molar-refractivity contribution >= 4 is 26.0 Å². The molecule has 0 spiro atoms. The lowest BCUT2D eigenvalue weighted by Crippen LogP contribution is -2.27. The van der Waals surface area contributed by atoms with E-state index in [0.29, 0.717) is 18.0 Å². The van der Waals surface area contributed by atoms with E-state index in [1.54, 1.807) is 16.4 Å². The maximum atomic E-state index is 12.2. The highest BCUT2D eigenvalue weighted by Gasteiger charge is 2.27. The van der Waals surface area contributed by atoms with Crippen molar-refractivity contribution < 1.29 is 8.42 Å². The van der Waals surface area contributed by atoms with Gasteiger partial charge in [0.2, 0.25) is 10.0 Å². The van der Waals surface area contributed by atoms with E-state index in [2.05, 4.69) is 15.9 Å². The van der Waals surface area contributed by atoms with E-state index < -0.39 is 10.0 Å². The van der Waals surface area contributed by atoms with Crippen molar-refractivity contribution in [2.24, 2.45) is 0 Å². The number of hydrogen-bond donors (Lipinski definition) is 0. The number of aryl methyl sites for hydroxylation is 1. The molecule has 1 aromatic carbocycles. The molecule has 0 saturated carbocycles. The summed E-state index contributed by atoms with van der Waals surface area (Å²) in [7, 11) is -3.28. The van der Waals surface area contributed by atoms with Crippen LogP contribution in [0.3, 0.4) is 0 Å². The van der Waals surface area contributed by atoms with Gasteiger partial charge >= 0.3 is 0 Å². The minimum absolute atomic E-state index is 0.390. The van der Waals surface area contributed by atoms with Crippen molar-refractivity contribution in [1.29, 1.82) is 0 Å². The first kappa shape index (κ1) is 12.1. The van der Waals surface area contributed by atoms with Gasteiger partial charge in [0.05, 0.1) is 4.90 Å². The van der Waals surface area contributed by atoms with Crippen LogP contribution in [-0.4, -0.2) is 25.8 Å². The van der Waals surface area contributed by atoms with E-state index in [4.69, 9.17) is 0 Å². The van der Waals surface area contributed by atoms with E-state index in [1.165, 1.54) is 0 Å². The summed E-state index contributed by atoms with van der Waals surface area (Å²) in [6.07, 6.45) is 1.93. The molecule has 16 heavy (non-hydrogen) atoms. The Morgan fingerprint density at radius 3 is 2.38 bits per heavy atom. The molecule has 1 aromatic rings. The van der Waals surface area contributed by atoms with Gasteiger partial charge in [-0.25, -0.2) is 8.42 Å². The zero-order valence-electron chi connectivity index (χ0n) is 9.11. The summed E-state index contributed by atoms with van der Waals surface area (Å²) in [6.45, 7) is 3.19. The lowest BCUT2D eigenvalue weighted by Gasteiger charge is -2.16. The van der Waals surface area contributed by atoms with Crippen LogP contribution in [0.4, 0.5) is 0 Å². The van der Waals surface area contributed by atoms with Gasteiger partial charge in [-0.1, -0.05) is 15.9 Å². The molecule has 5 heteroatoms. The fraction of sp³-hybridized carbons (Fsp3) is 0.455. The third kappa shape index (κ3) is 2.31. The highest BCUT2D eigenvalue weighted by atomic mass is 79.9. The maximum absolute atomic E-state index is 12.2. The third-order valence-corrected chi connectivity index (χ3v) is 5.05. The molecule has 1 fully saturated rings. The Balaban J connectivity index is 2.42. The maximum Gasteiger partial charge on any atom is 0.243 e. The Hall–Kier alpha value is -0.390. The van der Waals surface area contributed by atoms with E-state index in [9.17, 15) is 8.42 Å². The first-order chi connectivity index (χ1) is 7.50. The van der Waals surface area contributed by atoms with Crippen LogP contribution < -0.4 is 0 Å². The molecule has 0 amide bonds. The van der Waals surface area contributed by atoms with Gasteiger partial charge in [-0.3, -0.25) is 0 Å². The molecule has 0 radical (unpaired) electrons. The second-order valence-corrected chi connectivity index (χ2v) is 6.93. The van der Waals surface area contributed by atoms with Crippen molar-refractivity contribution in [3.63, 3.8) is 0 Å². The van der Waals surface area contributed by atoms with Crippen LogP contribution in [-0.2, 0) is 10.0 Å². The predicted octanol–water partition coefficient (Wildman–Crippen LogP) is 2.54. The van der Waals surface area contributed by atoms with Crippen LogP contribution in [0.5, 0.6) is 0 Å². The van der Waals surface area contributed by atoms with E-state index in [0.717, 1.165) is 22.9 Å². The van der Waals surface area contributed by atoms with Gasteiger partial charge in [0.15, 0.2) is 0 Å². The summed E-state index contributed by atoms with van der Waals surface area (Å²) < 4.78 is 26.9. The SMILES string of the molecule is Cc1cc(Br)cc(S(=O)(=O)N2CCCC2)c1. The Bertz CT molecular complexity index is 472. The Kier molecular flexibility index (Phi) is 3.37. The number of sulfonamides is 1. The average molecular weight is 304 g/mol. The Morgan fingerprint density at radius 2 is 1.81 bits per heavy atom. The van der Waals surface area contributed by atoms with E-state index in [1.807, 2.05) is 13.0 Å². The molecule has 1 heterocycles. The van der Waals surface area contributed by atoms with Crippen molar-refractivity contribution in [3.05, 3.63) is 28.2 Å². The molecule has 88 valence electrons. The van der Waals surface area contributed by atoms with Crippen LogP contribution in [0.2, 0.25) is 0 Å². The zero-order chi connectivity index (χ0) is 11.8. The summed E-state index contributed by atoms with van der Waals surface area (Å²) in [5.74, 6) is 0. The number of rotatable bonds is 2. The molecule has 3 nitrogen and oxygen atoms in total. The lowest BCUT2D eigenvalue weighted by atomic mass is 10.2. The van der Waals surface area contributed by atoms with Crippen molar-refractivity contribution in [1.82, 2.24) is 4.31 Å². The van der Waals surface area contributed by atoms with E-state index in [-0.39, 0.29) is 0 Å². The average Bonchev–Trinajstić information content (AvgIpc) is 2.69. The van der Waals surface area contributed by atoms with Crippen LogP contribution in [0, 0.1) is 6.92 Å². The van der Waals surface area contributed by atoms with Gasteiger partial charge in [0.1, 0.15) is 0 Å². The van der Waals surface area contributed by atoms with Gasteiger partial charge in [-0.2, -0.15) is 4.31 Å². The monoisotopic (exact) mass is 303 g/mol. The van der Waals surface area contributed by atoms with Crippen LogP contribution >= 0.6 is 15.9 Å². The summed E-state index contributed by atoms with van der Waals surface area (Å²) in [5.41, 5.74) is 0.951. The fourth-order valence-corrected chi connectivity index (χ4v) is 4.34. The van der Waals surface area contributed by atoms with Crippen LogP contribution in [0.15, 0.2) is 27.6 Å². The predicted molar refractivity (Wildman–Crippen MR) is 66.9 cm³/mol. The van der Waals surface area contributed by atoms with Crippen LogP contribution in [0.1, 0.15) is 18.4 Å². The standard InChI is InChI=1S/C11H14BrNO2S/c1-9-6-10(12)8-11(7-9)16(14,15)13-4-2-3-5-13/h6-8H,2-5H2,1H3. The van der Waals surface area contributed by atoms with E-state index >= 15 is 0 Å². The molecular weight excluding hydrogens is 290 g/mol. The number of halogens is 1. The first-order valence-corrected chi connectivity index (χ1v) is 7.51. The largest absolute Gasteiger partial charge is 0.243 e. The lowest BCUT2D eigenvalue weighted by molar-refractivity contribution is 0.477. The highest BCUT2D eigenvalue weighted by molar-refractivity contribution is 9.10. The Morgan fingerprint density at radius 1 is 1.19 bits per heavy atom. The molecule has 0 bridgehead atoms. The molecule has 0 aromatic heterocycles. The zero-order valence-corrected chi connectivity index (χ0v) is 11.5. The molecule has 0 aliphatic carbocycles. The number of nitrogens with zero attached hydrogens (tertiary/aromatic N) is 1. The van der Waals surface area contributed by atoms with Crippen molar-refractivity contribution in [3.8, 4) is 0 Å². The quantitative estimate of drug-likeness (QED) is 0.842. The first-order valence-electron chi connectivity index (χ1n) is 5.27. The molecule has 0 N–H and O–H groups in total. The Labute approximate surface area is 105 Å². The summed E-state index contributed by atoms with van der Waals surface area (Å²) in [5, 5.41) is 0. The van der Waals surface area contributed by atoms with Gasteiger partial charge in [-0.05, 0) is 43.5 Å². The van der Waals surface area contributed by atoms with Crippen LogP contribution in [0.25, 0.3) is 0 Å². The number of hydrogen-bond acceptors (Lipinski definition) is 2. The molecule has 1 saturated heterocycles. The van der Waals surface area contributed by atoms with Gasteiger partial charge in [-0.15, -0.1) is 0 Å². The topological polar surface area (TPSA) is 37.4 Å². The minimum atomic E-state index is -3.28. The summed E-state index contributed by atoms with van der Waals surface area (Å²) in [6, 6.07) is 5.29. The van der Waals surface area contributed by atoms with Crippen molar-refractivity contribution in [2.45, 2.75) is 24.7 Å². The second-order valence-electron chi connectivity index (χ2n) is 4.08. The molecule has 0 atom stereocenters. The summed E-state index contributed by atoms with van der Waals surface area (Å²) >= 11 is 3.33. The normalized spacial score (nSPS) is 17.9. The van der Waals surface area contributed by atoms with Gasteiger partial charge in [0.25, 0.3) is 0 Å². The minimum Gasteiger partial charge on any atom is -0.207 e. The third-order valence-electron chi connectivity index (χ3n) is 2.72. The highest BCUT2D eigenvalue weighted by Crippen LogP contribution is 2.24. The number of benzene rings is 1. The molecular formula is C11H14BrNO2S. The van der Waals surface area contributed by atoms with Gasteiger partial charge < -0.3 is 0 Å². The van der Waals surface area contributed by atoms with Crippen molar-refractivity contribution in [2.75, 3.05) is 13.1 Å². The molecule has 2 rings (SSSR count). The second kappa shape index (κ2) is 4.47. The molecule has 0 unspecified atom stereocenters. The smallest absolute Gasteiger partial charge is 0.207 e. The molecule has 1 aliphatic rings. The molecule has 1 aliphatic heterocycles. The van der Waals surface area contributed by atoms with Gasteiger partial charge in [0, 0.05) is 17.6 Å². The summed E-state index contributed by atoms with van der Waals surface area (Å²) in [4.78, 5) is 0.390.